The van der Waals surface area contributed by atoms with Crippen molar-refractivity contribution in [3.8, 4) is 0 Å². The molecule has 0 aliphatic heterocycles. The van der Waals surface area contributed by atoms with E-state index in [9.17, 15) is 22.8 Å². The van der Waals surface area contributed by atoms with Crippen LogP contribution in [0.1, 0.15) is 71.6 Å². The summed E-state index contributed by atoms with van der Waals surface area (Å²) in [4.78, 5) is 39.3. The van der Waals surface area contributed by atoms with Crippen molar-refractivity contribution in [1.82, 2.24) is 0 Å². The third-order valence-corrected chi connectivity index (χ3v) is 9.27. The minimum Gasteiger partial charge on any atom is -0.321 e. The molecule has 1 N–H and O–H groups in total. The highest BCUT2D eigenvalue weighted by molar-refractivity contribution is 7.91. The smallest absolute Gasteiger partial charge is 0.255 e. The van der Waals surface area contributed by atoms with Crippen LogP contribution in [0.3, 0.4) is 0 Å². The van der Waals surface area contributed by atoms with Crippen molar-refractivity contribution in [2.75, 3.05) is 11.1 Å². The number of nitrogens with one attached hydrogen (secondary N) is 1. The van der Waals surface area contributed by atoms with E-state index in [2.05, 4.69) is 17.4 Å². The molecule has 1 saturated carbocycles. The second-order valence-corrected chi connectivity index (χ2v) is 12.3. The standard InChI is InChI=1S/C32H35NO5S/c1-4-23-17-21(3)18-24(5-2)30(23)31-27(34)19-22(20-28(31)35)15-16-39(37,38)29-14-10-9-13-26(29)33-32(36)25-11-7-6-8-12-25/h6-14,17-18,22,31H,4-5,15-16,19-20H2,1-3H3,(H,33,36). The highest BCUT2D eigenvalue weighted by Gasteiger charge is 2.38. The average Bonchev–Trinajstić information content (AvgIpc) is 2.92. The van der Waals surface area contributed by atoms with Crippen LogP contribution in [-0.2, 0) is 32.3 Å². The molecule has 204 valence electrons. The minimum absolute atomic E-state index is 0.0282. The largest absolute Gasteiger partial charge is 0.321 e. The van der Waals surface area contributed by atoms with E-state index < -0.39 is 21.7 Å². The van der Waals surface area contributed by atoms with Crippen LogP contribution >= 0.6 is 0 Å². The van der Waals surface area contributed by atoms with Crippen LogP contribution in [0.4, 0.5) is 5.69 Å². The van der Waals surface area contributed by atoms with Crippen LogP contribution < -0.4 is 5.32 Å². The molecule has 0 bridgehead atoms. The van der Waals surface area contributed by atoms with Gasteiger partial charge in [-0.1, -0.05) is 61.9 Å². The summed E-state index contributed by atoms with van der Waals surface area (Å²) in [5, 5.41) is 2.71. The van der Waals surface area contributed by atoms with Gasteiger partial charge in [-0.3, -0.25) is 14.4 Å². The Kier molecular flexibility index (Phi) is 8.80. The molecular formula is C32H35NO5S. The molecule has 4 rings (SSSR count). The maximum atomic E-state index is 13.3. The average molecular weight is 546 g/mol. The Balaban J connectivity index is 1.48. The SMILES string of the molecule is CCc1cc(C)cc(CC)c1C1C(=O)CC(CCS(=O)(=O)c2ccccc2NC(=O)c2ccccc2)CC1=O. The molecule has 0 heterocycles. The highest BCUT2D eigenvalue weighted by atomic mass is 32.2. The lowest BCUT2D eigenvalue weighted by atomic mass is 9.73. The van der Waals surface area contributed by atoms with E-state index >= 15 is 0 Å². The lowest BCUT2D eigenvalue weighted by Gasteiger charge is -2.29. The molecule has 0 unspecified atom stereocenters. The molecule has 0 spiro atoms. The van der Waals surface area contributed by atoms with Gasteiger partial charge in [0.2, 0.25) is 0 Å². The van der Waals surface area contributed by atoms with E-state index in [1.165, 1.54) is 6.07 Å². The first-order chi connectivity index (χ1) is 18.6. The Morgan fingerprint density at radius 1 is 0.872 bits per heavy atom. The van der Waals surface area contributed by atoms with Crippen LogP contribution in [0.2, 0.25) is 0 Å². The van der Waals surface area contributed by atoms with Crippen LogP contribution in [0.15, 0.2) is 71.6 Å². The number of aryl methyl sites for hydroxylation is 3. The summed E-state index contributed by atoms with van der Waals surface area (Å²) in [5.41, 5.74) is 4.68. The van der Waals surface area contributed by atoms with Crippen LogP contribution in [0.25, 0.3) is 0 Å². The molecule has 0 aromatic heterocycles. The lowest BCUT2D eigenvalue weighted by molar-refractivity contribution is -0.133. The number of rotatable bonds is 9. The number of amides is 1. The van der Waals surface area contributed by atoms with Crippen molar-refractivity contribution in [3.05, 3.63) is 94.5 Å². The Labute approximate surface area is 230 Å². The fraction of sp³-hybridized carbons (Fsp3) is 0.344. The summed E-state index contributed by atoms with van der Waals surface area (Å²) >= 11 is 0. The van der Waals surface area contributed by atoms with Crippen molar-refractivity contribution in [2.45, 2.75) is 63.7 Å². The van der Waals surface area contributed by atoms with Gasteiger partial charge in [-0.2, -0.15) is 0 Å². The second-order valence-electron chi connectivity index (χ2n) is 10.3. The third kappa shape index (κ3) is 6.36. The minimum atomic E-state index is -3.78. The zero-order valence-corrected chi connectivity index (χ0v) is 23.5. The van der Waals surface area contributed by atoms with Gasteiger partial charge in [0.15, 0.2) is 9.84 Å². The third-order valence-electron chi connectivity index (χ3n) is 7.47. The van der Waals surface area contributed by atoms with E-state index in [1.54, 1.807) is 48.5 Å². The topological polar surface area (TPSA) is 97.4 Å². The molecule has 0 saturated heterocycles. The van der Waals surface area contributed by atoms with Gasteiger partial charge >= 0.3 is 0 Å². The fourth-order valence-corrected chi connectivity index (χ4v) is 7.15. The maximum Gasteiger partial charge on any atom is 0.255 e. The maximum absolute atomic E-state index is 13.3. The van der Waals surface area contributed by atoms with Gasteiger partial charge in [0, 0.05) is 18.4 Å². The quantitative estimate of drug-likeness (QED) is 0.339. The van der Waals surface area contributed by atoms with Gasteiger partial charge in [-0.15, -0.1) is 0 Å². The van der Waals surface area contributed by atoms with Gasteiger partial charge in [0.05, 0.1) is 16.3 Å². The predicted molar refractivity (Wildman–Crippen MR) is 153 cm³/mol. The van der Waals surface area contributed by atoms with Gasteiger partial charge in [-0.25, -0.2) is 8.42 Å². The molecule has 1 aliphatic rings. The van der Waals surface area contributed by atoms with E-state index in [0.29, 0.717) is 5.56 Å². The fourth-order valence-electron chi connectivity index (χ4n) is 5.55. The number of carbonyl (C=O) groups is 3. The zero-order valence-electron chi connectivity index (χ0n) is 22.7. The first kappa shape index (κ1) is 28.4. The van der Waals surface area contributed by atoms with Crippen molar-refractivity contribution in [1.29, 1.82) is 0 Å². The predicted octanol–water partition coefficient (Wildman–Crippen LogP) is 5.87. The molecule has 0 radical (unpaired) electrons. The van der Waals surface area contributed by atoms with E-state index in [1.807, 2.05) is 20.8 Å². The zero-order chi connectivity index (χ0) is 28.2. The molecule has 39 heavy (non-hydrogen) atoms. The van der Waals surface area contributed by atoms with E-state index in [-0.39, 0.29) is 53.1 Å². The first-order valence-electron chi connectivity index (χ1n) is 13.5. The Morgan fingerprint density at radius 3 is 2.03 bits per heavy atom. The van der Waals surface area contributed by atoms with Gasteiger partial charge in [0.1, 0.15) is 17.5 Å². The van der Waals surface area contributed by atoms with Crippen molar-refractivity contribution >= 4 is 33.0 Å². The van der Waals surface area contributed by atoms with Crippen molar-refractivity contribution in [2.24, 2.45) is 5.92 Å². The lowest BCUT2D eigenvalue weighted by Crippen LogP contribution is -2.34. The number of Topliss-reactive ketones (excluding diaryl/α,β-unsaturated/α-hetero) is 2. The molecule has 0 atom stereocenters. The van der Waals surface area contributed by atoms with Gasteiger partial charge in [-0.05, 0) is 73.1 Å². The van der Waals surface area contributed by atoms with Gasteiger partial charge < -0.3 is 5.32 Å². The summed E-state index contributed by atoms with van der Waals surface area (Å²) in [6.07, 6.45) is 2.03. The normalized spacial score (nSPS) is 17.7. The van der Waals surface area contributed by atoms with Crippen LogP contribution in [0.5, 0.6) is 0 Å². The Morgan fingerprint density at radius 2 is 1.44 bits per heavy atom. The molecule has 7 heteroatoms. The number of anilines is 1. The number of carbonyl (C=O) groups excluding carboxylic acids is 3. The summed E-state index contributed by atoms with van der Waals surface area (Å²) < 4.78 is 26.7. The van der Waals surface area contributed by atoms with Crippen molar-refractivity contribution < 1.29 is 22.8 Å². The number of hydrogen-bond acceptors (Lipinski definition) is 5. The monoisotopic (exact) mass is 545 g/mol. The summed E-state index contributed by atoms with van der Waals surface area (Å²) in [6.45, 7) is 6.08. The molecule has 1 aliphatic carbocycles. The van der Waals surface area contributed by atoms with Crippen LogP contribution in [-0.4, -0.2) is 31.6 Å². The number of ketones is 2. The van der Waals surface area contributed by atoms with Crippen LogP contribution in [0, 0.1) is 12.8 Å². The second kappa shape index (κ2) is 12.1. The van der Waals surface area contributed by atoms with Crippen molar-refractivity contribution in [3.63, 3.8) is 0 Å². The van der Waals surface area contributed by atoms with E-state index in [4.69, 9.17) is 0 Å². The first-order valence-corrected chi connectivity index (χ1v) is 15.2. The van der Waals surface area contributed by atoms with Gasteiger partial charge in [0.25, 0.3) is 5.91 Å². The summed E-state index contributed by atoms with van der Waals surface area (Å²) in [7, 11) is -3.78. The Bertz CT molecular complexity index is 1450. The number of benzene rings is 3. The number of sulfone groups is 1. The molecule has 3 aromatic carbocycles. The number of hydrogen-bond donors (Lipinski definition) is 1. The Hall–Kier alpha value is -3.58. The molecule has 6 nitrogen and oxygen atoms in total. The molecule has 3 aromatic rings. The molecule has 1 fully saturated rings. The van der Waals surface area contributed by atoms with E-state index in [0.717, 1.165) is 35.1 Å². The number of para-hydroxylation sites is 1. The summed E-state index contributed by atoms with van der Waals surface area (Å²) in [6, 6.07) is 19.0. The molecule has 1 amide bonds. The molecular weight excluding hydrogens is 510 g/mol. The summed E-state index contributed by atoms with van der Waals surface area (Å²) in [5.74, 6) is -1.97. The highest BCUT2D eigenvalue weighted by Crippen LogP contribution is 2.37.